The summed E-state index contributed by atoms with van der Waals surface area (Å²) in [5.41, 5.74) is -0.651. The normalized spacial score (nSPS) is 10.9. The molecular formula is C13H15N3O3. The minimum absolute atomic E-state index is 0.121. The molecule has 0 unspecified atom stereocenters. The summed E-state index contributed by atoms with van der Waals surface area (Å²) in [5, 5.41) is 2.56. The highest BCUT2D eigenvalue weighted by Gasteiger charge is 2.11. The van der Waals surface area contributed by atoms with E-state index in [0.717, 1.165) is 10.1 Å². The second-order valence-corrected chi connectivity index (χ2v) is 3.78. The summed E-state index contributed by atoms with van der Waals surface area (Å²) >= 11 is 0. The number of amides is 1. The molecule has 1 aromatic heterocycles. The Hall–Kier alpha value is -2.63. The molecule has 0 aromatic carbocycles. The number of H-pyrrole nitrogens is 1. The van der Waals surface area contributed by atoms with Crippen molar-refractivity contribution in [2.75, 3.05) is 6.54 Å². The topological polar surface area (TPSA) is 84.0 Å². The number of hydrogen-bond donors (Lipinski definition) is 2. The summed E-state index contributed by atoms with van der Waals surface area (Å²) in [4.78, 5) is 36.5. The van der Waals surface area contributed by atoms with Crippen LogP contribution in [0.15, 0.2) is 52.7 Å². The molecular weight excluding hydrogens is 246 g/mol. The molecule has 0 radical (unpaired) electrons. The average molecular weight is 261 g/mol. The molecule has 19 heavy (non-hydrogen) atoms. The summed E-state index contributed by atoms with van der Waals surface area (Å²) in [6, 6.07) is 0. The van der Waals surface area contributed by atoms with Gasteiger partial charge in [0.25, 0.3) is 11.5 Å². The van der Waals surface area contributed by atoms with Gasteiger partial charge in [0.1, 0.15) is 5.56 Å². The van der Waals surface area contributed by atoms with Gasteiger partial charge in [-0.15, -0.1) is 0 Å². The van der Waals surface area contributed by atoms with E-state index in [1.165, 1.54) is 13.2 Å². The number of rotatable bonds is 5. The second kappa shape index (κ2) is 6.34. The van der Waals surface area contributed by atoms with Crippen molar-refractivity contribution in [3.63, 3.8) is 0 Å². The summed E-state index contributed by atoms with van der Waals surface area (Å²) in [6.45, 7) is 7.35. The molecule has 1 amide bonds. The number of carbonyl (C=O) groups is 1. The first-order valence-corrected chi connectivity index (χ1v) is 5.51. The predicted molar refractivity (Wildman–Crippen MR) is 73.1 cm³/mol. The largest absolute Gasteiger partial charge is 0.348 e. The lowest BCUT2D eigenvalue weighted by molar-refractivity contribution is 0.0955. The van der Waals surface area contributed by atoms with Crippen molar-refractivity contribution < 1.29 is 4.79 Å². The SMILES string of the molecule is C=C/C=C(\C=C)CNC(=O)c1cn(C)c(=O)[nH]c1=O. The fourth-order valence-corrected chi connectivity index (χ4v) is 1.35. The third kappa shape index (κ3) is 3.67. The first kappa shape index (κ1) is 14.4. The standard InChI is InChI=1S/C13H15N3O3/c1-4-6-9(5-2)7-14-11(17)10-8-16(3)13(19)15-12(10)18/h4-6,8H,1-2,7H2,3H3,(H,14,17)(H,15,18,19)/b9-6+. The molecule has 1 heterocycles. The van der Waals surface area contributed by atoms with E-state index >= 15 is 0 Å². The van der Waals surface area contributed by atoms with Gasteiger partial charge in [-0.1, -0.05) is 31.4 Å². The van der Waals surface area contributed by atoms with Gasteiger partial charge in [-0.25, -0.2) is 4.79 Å². The number of allylic oxidation sites excluding steroid dienone is 2. The van der Waals surface area contributed by atoms with Crippen molar-refractivity contribution in [1.29, 1.82) is 0 Å². The number of hydrogen-bond acceptors (Lipinski definition) is 3. The lowest BCUT2D eigenvalue weighted by atomic mass is 10.2. The fraction of sp³-hybridized carbons (Fsp3) is 0.154. The van der Waals surface area contributed by atoms with E-state index in [2.05, 4.69) is 23.5 Å². The van der Waals surface area contributed by atoms with Crippen molar-refractivity contribution >= 4 is 5.91 Å². The first-order chi connectivity index (χ1) is 8.99. The molecule has 0 saturated carbocycles. The van der Waals surface area contributed by atoms with E-state index in [9.17, 15) is 14.4 Å². The molecule has 0 bridgehead atoms. The third-order valence-corrected chi connectivity index (χ3v) is 2.40. The number of aromatic nitrogens is 2. The van der Waals surface area contributed by atoms with Crippen LogP contribution in [-0.4, -0.2) is 22.0 Å². The van der Waals surface area contributed by atoms with Crippen molar-refractivity contribution in [1.82, 2.24) is 14.9 Å². The summed E-state index contributed by atoms with van der Waals surface area (Å²) in [7, 11) is 1.45. The van der Waals surface area contributed by atoms with Gasteiger partial charge in [-0.3, -0.25) is 14.6 Å². The van der Waals surface area contributed by atoms with Crippen LogP contribution in [0.4, 0.5) is 0 Å². The van der Waals surface area contributed by atoms with Crippen LogP contribution in [0.2, 0.25) is 0 Å². The van der Waals surface area contributed by atoms with E-state index in [1.54, 1.807) is 18.2 Å². The maximum Gasteiger partial charge on any atom is 0.328 e. The fourth-order valence-electron chi connectivity index (χ4n) is 1.35. The molecule has 0 aliphatic heterocycles. The second-order valence-electron chi connectivity index (χ2n) is 3.78. The van der Waals surface area contributed by atoms with Crippen LogP contribution in [0, 0.1) is 0 Å². The monoisotopic (exact) mass is 261 g/mol. The zero-order valence-electron chi connectivity index (χ0n) is 10.6. The van der Waals surface area contributed by atoms with E-state index in [4.69, 9.17) is 0 Å². The molecule has 1 aromatic rings. The van der Waals surface area contributed by atoms with Crippen molar-refractivity contribution in [3.05, 3.63) is 69.6 Å². The number of nitrogens with one attached hydrogen (secondary N) is 2. The molecule has 0 saturated heterocycles. The van der Waals surface area contributed by atoms with Gasteiger partial charge in [0, 0.05) is 19.8 Å². The van der Waals surface area contributed by atoms with Gasteiger partial charge in [0.2, 0.25) is 0 Å². The molecule has 6 heteroatoms. The van der Waals surface area contributed by atoms with E-state index in [-0.39, 0.29) is 12.1 Å². The molecule has 0 aliphatic carbocycles. The predicted octanol–water partition coefficient (Wildman–Crippen LogP) is 0.102. The van der Waals surface area contributed by atoms with Crippen LogP contribution in [-0.2, 0) is 7.05 Å². The smallest absolute Gasteiger partial charge is 0.328 e. The van der Waals surface area contributed by atoms with Gasteiger partial charge in [0.15, 0.2) is 0 Å². The molecule has 0 aliphatic rings. The van der Waals surface area contributed by atoms with Crippen molar-refractivity contribution in [2.24, 2.45) is 7.05 Å². The Morgan fingerprint density at radius 1 is 1.47 bits per heavy atom. The average Bonchev–Trinajstić information content (AvgIpc) is 2.38. The molecule has 0 fully saturated rings. The lowest BCUT2D eigenvalue weighted by Crippen LogP contribution is -2.36. The Morgan fingerprint density at radius 3 is 2.74 bits per heavy atom. The summed E-state index contributed by atoms with van der Waals surface area (Å²) in [5.74, 6) is -0.561. The lowest BCUT2D eigenvalue weighted by Gasteiger charge is -2.06. The molecule has 6 nitrogen and oxygen atoms in total. The maximum absolute atomic E-state index is 11.8. The van der Waals surface area contributed by atoms with Gasteiger partial charge in [-0.2, -0.15) is 0 Å². The van der Waals surface area contributed by atoms with Gasteiger partial charge in [-0.05, 0) is 5.57 Å². The minimum Gasteiger partial charge on any atom is -0.348 e. The van der Waals surface area contributed by atoms with Crippen molar-refractivity contribution in [2.45, 2.75) is 0 Å². The van der Waals surface area contributed by atoms with Crippen LogP contribution in [0.5, 0.6) is 0 Å². The van der Waals surface area contributed by atoms with E-state index in [0.29, 0.717) is 0 Å². The number of aryl methyl sites for hydroxylation is 1. The number of aromatic amines is 1. The van der Waals surface area contributed by atoms with Gasteiger partial charge >= 0.3 is 5.69 Å². The zero-order valence-corrected chi connectivity index (χ0v) is 10.6. The summed E-state index contributed by atoms with van der Waals surface area (Å²) in [6.07, 6.45) is 6.04. The Balaban J connectivity index is 2.91. The van der Waals surface area contributed by atoms with E-state index in [1.807, 2.05) is 0 Å². The molecule has 1 rings (SSSR count). The zero-order chi connectivity index (χ0) is 14.4. The molecule has 100 valence electrons. The quantitative estimate of drug-likeness (QED) is 0.737. The molecule has 0 atom stereocenters. The van der Waals surface area contributed by atoms with Crippen molar-refractivity contribution in [3.8, 4) is 0 Å². The minimum atomic E-state index is -0.714. The van der Waals surface area contributed by atoms with Crippen LogP contribution in [0.1, 0.15) is 10.4 Å². The van der Waals surface area contributed by atoms with Gasteiger partial charge < -0.3 is 9.88 Å². The molecule has 0 spiro atoms. The van der Waals surface area contributed by atoms with E-state index < -0.39 is 17.2 Å². The number of nitrogens with zero attached hydrogens (tertiary/aromatic N) is 1. The maximum atomic E-state index is 11.8. The first-order valence-electron chi connectivity index (χ1n) is 5.51. The highest BCUT2D eigenvalue weighted by atomic mass is 16.2. The van der Waals surface area contributed by atoms with Crippen LogP contribution in [0.25, 0.3) is 0 Å². The van der Waals surface area contributed by atoms with Crippen LogP contribution in [0.3, 0.4) is 0 Å². The highest BCUT2D eigenvalue weighted by molar-refractivity contribution is 5.93. The van der Waals surface area contributed by atoms with Gasteiger partial charge in [0.05, 0.1) is 0 Å². The summed E-state index contributed by atoms with van der Waals surface area (Å²) < 4.78 is 1.13. The third-order valence-electron chi connectivity index (χ3n) is 2.40. The molecule has 2 N–H and O–H groups in total. The number of carbonyl (C=O) groups excluding carboxylic acids is 1. The Labute approximate surface area is 109 Å². The Kier molecular flexibility index (Phi) is 4.82. The Morgan fingerprint density at radius 2 is 2.16 bits per heavy atom. The highest BCUT2D eigenvalue weighted by Crippen LogP contribution is 1.95. The van der Waals surface area contributed by atoms with Crippen LogP contribution < -0.4 is 16.6 Å². The van der Waals surface area contributed by atoms with Crippen LogP contribution >= 0.6 is 0 Å². The Bertz CT molecular complexity index is 650.